The molecule has 0 fully saturated rings. The van der Waals surface area contributed by atoms with E-state index in [1.54, 1.807) is 0 Å². The molecule has 0 atom stereocenters. The van der Waals surface area contributed by atoms with E-state index in [2.05, 4.69) is 15.9 Å². The van der Waals surface area contributed by atoms with Crippen molar-refractivity contribution in [1.82, 2.24) is 0 Å². The lowest BCUT2D eigenvalue weighted by Crippen LogP contribution is -2.45. The second-order valence-electron chi connectivity index (χ2n) is 3.96. The van der Waals surface area contributed by atoms with Gasteiger partial charge in [-0.25, -0.2) is 8.42 Å². The van der Waals surface area contributed by atoms with Gasteiger partial charge in [-0.05, 0) is 18.2 Å². The van der Waals surface area contributed by atoms with Gasteiger partial charge in [-0.2, -0.15) is 13.2 Å². The molecule has 0 spiro atoms. The van der Waals surface area contributed by atoms with Gasteiger partial charge in [-0.1, -0.05) is 15.9 Å². The molecule has 9 heteroatoms. The molecule has 0 radical (unpaired) electrons. The topological polar surface area (TPSA) is 54.5 Å². The molecular weight excluding hydrogens is 351 g/mol. The highest BCUT2D eigenvalue weighted by molar-refractivity contribution is 9.10. The summed E-state index contributed by atoms with van der Waals surface area (Å²) in [6.45, 7) is -1.65. The minimum atomic E-state index is -4.69. The molecule has 1 aromatic carbocycles. The second-order valence-corrected chi connectivity index (χ2v) is 6.77. The van der Waals surface area contributed by atoms with Gasteiger partial charge in [0.2, 0.25) is 10.0 Å². The van der Waals surface area contributed by atoms with Crippen molar-refractivity contribution in [2.45, 2.75) is 6.18 Å². The van der Waals surface area contributed by atoms with E-state index in [0.717, 1.165) is 0 Å². The van der Waals surface area contributed by atoms with E-state index in [4.69, 9.17) is 0 Å². The Bertz CT molecular complexity index is 642. The number of hydrogen-bond acceptors (Lipinski definition) is 3. The highest BCUT2D eigenvalue weighted by Gasteiger charge is 2.41. The fraction of sp³-hybridized carbons (Fsp3) is 0.300. The first-order chi connectivity index (χ1) is 8.60. The lowest BCUT2D eigenvalue weighted by molar-refractivity contribution is -0.117. The summed E-state index contributed by atoms with van der Waals surface area (Å²) in [6, 6.07) is 3.97. The molecule has 0 N–H and O–H groups in total. The molecule has 1 aliphatic heterocycles. The van der Waals surface area contributed by atoms with Crippen LogP contribution in [0, 0.1) is 0 Å². The Morgan fingerprint density at radius 2 is 1.95 bits per heavy atom. The predicted octanol–water partition coefficient (Wildman–Crippen LogP) is 2.34. The van der Waals surface area contributed by atoms with Crippen LogP contribution < -0.4 is 4.31 Å². The second kappa shape index (κ2) is 4.48. The van der Waals surface area contributed by atoms with Gasteiger partial charge in [0.05, 0.1) is 5.69 Å². The highest BCUT2D eigenvalue weighted by atomic mass is 79.9. The van der Waals surface area contributed by atoms with E-state index >= 15 is 0 Å². The lowest BCUT2D eigenvalue weighted by atomic mass is 10.1. The van der Waals surface area contributed by atoms with Crippen molar-refractivity contribution in [3.8, 4) is 0 Å². The number of rotatable bonds is 1. The van der Waals surface area contributed by atoms with Crippen molar-refractivity contribution >= 4 is 37.4 Å². The van der Waals surface area contributed by atoms with Crippen molar-refractivity contribution in [1.29, 1.82) is 0 Å². The van der Waals surface area contributed by atoms with Gasteiger partial charge in [0.1, 0.15) is 12.3 Å². The largest absolute Gasteiger partial charge is 0.407 e. The minimum absolute atomic E-state index is 0.0257. The Balaban J connectivity index is 2.60. The zero-order valence-corrected chi connectivity index (χ0v) is 11.6. The summed E-state index contributed by atoms with van der Waals surface area (Å²) in [7, 11) is -4.29. The van der Waals surface area contributed by atoms with Crippen LogP contribution in [0.15, 0.2) is 22.7 Å². The Morgan fingerprint density at radius 3 is 2.53 bits per heavy atom. The van der Waals surface area contributed by atoms with Gasteiger partial charge in [0.25, 0.3) is 0 Å². The van der Waals surface area contributed by atoms with Crippen molar-refractivity contribution in [3.63, 3.8) is 0 Å². The molecule has 1 heterocycles. The number of ketones is 1. The van der Waals surface area contributed by atoms with E-state index in [9.17, 15) is 26.4 Å². The average molecular weight is 358 g/mol. The number of nitrogens with zero attached hydrogens (tertiary/aromatic N) is 1. The van der Waals surface area contributed by atoms with Gasteiger partial charge in [0, 0.05) is 10.0 Å². The van der Waals surface area contributed by atoms with Crippen LogP contribution >= 0.6 is 15.9 Å². The van der Waals surface area contributed by atoms with Gasteiger partial charge < -0.3 is 0 Å². The summed E-state index contributed by atoms with van der Waals surface area (Å²) in [5.74, 6) is -1.65. The van der Waals surface area contributed by atoms with E-state index in [0.29, 0.717) is 4.47 Å². The number of alkyl halides is 3. The minimum Gasteiger partial charge on any atom is -0.293 e. The monoisotopic (exact) mass is 357 g/mol. The van der Waals surface area contributed by atoms with Crippen molar-refractivity contribution < 1.29 is 26.4 Å². The molecule has 0 saturated heterocycles. The summed E-state index contributed by atoms with van der Waals surface area (Å²) < 4.78 is 61.5. The van der Waals surface area contributed by atoms with Crippen molar-refractivity contribution in [3.05, 3.63) is 28.2 Å². The number of benzene rings is 1. The molecule has 2 rings (SSSR count). The number of sulfonamides is 1. The average Bonchev–Trinajstić information content (AvgIpc) is 2.22. The van der Waals surface area contributed by atoms with Crippen LogP contribution in [0.1, 0.15) is 10.4 Å². The summed E-state index contributed by atoms with van der Waals surface area (Å²) in [5, 5.41) is 0. The Labute approximate surface area is 115 Å². The maximum absolute atomic E-state index is 12.5. The highest BCUT2D eigenvalue weighted by Crippen LogP contribution is 2.34. The summed E-state index contributed by atoms with van der Waals surface area (Å²) in [4.78, 5) is 11.6. The number of Topliss-reactive ketones (excluding diaryl/α,β-unsaturated/α-hetero) is 1. The molecule has 0 saturated carbocycles. The quantitative estimate of drug-likeness (QED) is 0.775. The van der Waals surface area contributed by atoms with Crippen LogP contribution in [-0.4, -0.2) is 32.7 Å². The van der Waals surface area contributed by atoms with Crippen molar-refractivity contribution in [2.24, 2.45) is 0 Å². The molecule has 1 aromatic rings. The smallest absolute Gasteiger partial charge is 0.293 e. The molecule has 0 aromatic heterocycles. The maximum Gasteiger partial charge on any atom is 0.407 e. The van der Waals surface area contributed by atoms with Crippen LogP contribution in [0.5, 0.6) is 0 Å². The van der Waals surface area contributed by atoms with Crippen LogP contribution in [-0.2, 0) is 10.0 Å². The van der Waals surface area contributed by atoms with Gasteiger partial charge in [-0.15, -0.1) is 0 Å². The van der Waals surface area contributed by atoms with E-state index < -0.39 is 34.3 Å². The number of carbonyl (C=O) groups is 1. The summed E-state index contributed by atoms with van der Waals surface area (Å²) >= 11 is 3.04. The molecule has 19 heavy (non-hydrogen) atoms. The number of halogens is 4. The molecule has 104 valence electrons. The zero-order chi connectivity index (χ0) is 14.4. The van der Waals surface area contributed by atoms with E-state index in [1.165, 1.54) is 18.2 Å². The lowest BCUT2D eigenvalue weighted by Gasteiger charge is -2.30. The van der Waals surface area contributed by atoms with Crippen LogP contribution in [0.4, 0.5) is 18.9 Å². The normalized spacial score (nSPS) is 18.3. The summed E-state index contributed by atoms with van der Waals surface area (Å²) in [6.07, 6.45) is -4.69. The fourth-order valence-corrected chi connectivity index (χ4v) is 3.55. The molecule has 0 amide bonds. The zero-order valence-electron chi connectivity index (χ0n) is 9.24. The van der Waals surface area contributed by atoms with Crippen LogP contribution in [0.25, 0.3) is 0 Å². The number of hydrogen-bond donors (Lipinski definition) is 0. The van der Waals surface area contributed by atoms with E-state index in [-0.39, 0.29) is 15.6 Å². The third-order valence-electron chi connectivity index (χ3n) is 2.50. The number of fused-ring (bicyclic) bond motifs is 1. The Morgan fingerprint density at radius 1 is 1.32 bits per heavy atom. The standard InChI is InChI=1S/C10H7BrF3NO3S/c11-6-1-2-7-8(3-6)15(5-10(12,13)14)19(17,18)4-9(7)16/h1-3H,4-5H2. The number of anilines is 1. The molecule has 0 unspecified atom stereocenters. The summed E-state index contributed by atoms with van der Waals surface area (Å²) in [5.41, 5.74) is -0.273. The first kappa shape index (κ1) is 14.3. The molecular formula is C10H7BrF3NO3S. The fourth-order valence-electron chi connectivity index (χ4n) is 1.76. The molecule has 4 nitrogen and oxygen atoms in total. The first-order valence-corrected chi connectivity index (χ1v) is 7.40. The SMILES string of the molecule is O=C1CS(=O)(=O)N(CC(F)(F)F)c2cc(Br)ccc21. The van der Waals surface area contributed by atoms with Crippen molar-refractivity contribution in [2.75, 3.05) is 16.6 Å². The predicted molar refractivity (Wildman–Crippen MR) is 65.7 cm³/mol. The first-order valence-electron chi connectivity index (χ1n) is 5.00. The van der Waals surface area contributed by atoms with Gasteiger partial charge >= 0.3 is 6.18 Å². The van der Waals surface area contributed by atoms with Crippen LogP contribution in [0.3, 0.4) is 0 Å². The van der Waals surface area contributed by atoms with Crippen LogP contribution in [0.2, 0.25) is 0 Å². The molecule has 0 aliphatic carbocycles. The third kappa shape index (κ3) is 2.92. The maximum atomic E-state index is 12.5. The molecule has 0 bridgehead atoms. The Hall–Kier alpha value is -1.09. The number of carbonyl (C=O) groups excluding carboxylic acids is 1. The van der Waals surface area contributed by atoms with E-state index in [1.807, 2.05) is 0 Å². The molecule has 1 aliphatic rings. The van der Waals surface area contributed by atoms with Gasteiger partial charge in [-0.3, -0.25) is 9.10 Å². The van der Waals surface area contributed by atoms with Gasteiger partial charge in [0.15, 0.2) is 5.78 Å². The Kier molecular flexibility index (Phi) is 3.38. The third-order valence-corrected chi connectivity index (χ3v) is 4.62.